The number of hydrogen-bond acceptors (Lipinski definition) is 11. The Morgan fingerprint density at radius 1 is 1.24 bits per heavy atom. The van der Waals surface area contributed by atoms with Crippen molar-refractivity contribution in [3.8, 4) is 11.9 Å². The number of benzene rings is 2. The first-order valence-corrected chi connectivity index (χ1v) is 13.0. The van der Waals surface area contributed by atoms with Crippen molar-refractivity contribution in [2.75, 3.05) is 11.5 Å². The number of carbonyl (C=O) groups excluding carboxylic acids is 2. The van der Waals surface area contributed by atoms with Crippen LogP contribution in [0.25, 0.3) is 22.0 Å². The lowest BCUT2D eigenvalue weighted by atomic mass is 9.66. The summed E-state index contributed by atoms with van der Waals surface area (Å²) in [7, 11) is 0. The molecular formula is C25H18ClN5O6S. The summed E-state index contributed by atoms with van der Waals surface area (Å²) >= 11 is 7.00. The van der Waals surface area contributed by atoms with E-state index in [1.54, 1.807) is 25.1 Å². The van der Waals surface area contributed by atoms with Gasteiger partial charge in [-0.3, -0.25) is 9.59 Å². The Morgan fingerprint density at radius 2 is 2.03 bits per heavy atom. The topological polar surface area (TPSA) is 152 Å². The number of halogens is 1. The van der Waals surface area contributed by atoms with Gasteiger partial charge in [0.05, 0.1) is 58.5 Å². The number of rotatable bonds is 5. The maximum absolute atomic E-state index is 13.9. The third-order valence-electron chi connectivity index (χ3n) is 8.03. The van der Waals surface area contributed by atoms with Crippen molar-refractivity contribution >= 4 is 62.8 Å². The van der Waals surface area contributed by atoms with Gasteiger partial charge in [-0.25, -0.2) is 4.90 Å². The predicted molar refractivity (Wildman–Crippen MR) is 134 cm³/mol. The lowest BCUT2D eigenvalue weighted by molar-refractivity contribution is -0.134. The summed E-state index contributed by atoms with van der Waals surface area (Å²) in [6.45, 7) is 1.77. The number of carbonyl (C=O) groups is 2. The molecule has 0 radical (unpaired) electrons. The van der Waals surface area contributed by atoms with Crippen molar-refractivity contribution in [3.05, 3.63) is 40.9 Å². The van der Waals surface area contributed by atoms with Gasteiger partial charge in [-0.05, 0) is 42.4 Å². The van der Waals surface area contributed by atoms with Gasteiger partial charge in [-0.15, -0.1) is 0 Å². The number of aromatic nitrogens is 3. The zero-order chi connectivity index (χ0) is 26.4. The van der Waals surface area contributed by atoms with E-state index in [-0.39, 0.29) is 31.0 Å². The van der Waals surface area contributed by atoms with E-state index in [4.69, 9.17) is 25.6 Å². The summed E-state index contributed by atoms with van der Waals surface area (Å²) < 4.78 is 26.0. The molecule has 5 heterocycles. The molecule has 3 fully saturated rings. The van der Waals surface area contributed by atoms with Crippen molar-refractivity contribution in [1.29, 1.82) is 5.26 Å². The molecule has 0 saturated carbocycles. The maximum Gasteiger partial charge on any atom is 0.262 e. The number of hydrogen-bond donors (Lipinski definition) is 1. The van der Waals surface area contributed by atoms with E-state index < -0.39 is 41.0 Å². The van der Waals surface area contributed by atoms with Crippen LogP contribution in [0.5, 0.6) is 5.88 Å². The van der Waals surface area contributed by atoms with Gasteiger partial charge in [-0.1, -0.05) is 11.6 Å². The number of anilines is 1. The van der Waals surface area contributed by atoms with Gasteiger partial charge < -0.3 is 19.1 Å². The lowest BCUT2D eigenvalue weighted by Crippen LogP contribution is -2.49. The van der Waals surface area contributed by atoms with Gasteiger partial charge in [0.1, 0.15) is 22.7 Å². The molecular weight excluding hydrogens is 534 g/mol. The Morgan fingerprint density at radius 3 is 2.84 bits per heavy atom. The van der Waals surface area contributed by atoms with Crippen molar-refractivity contribution < 1.29 is 28.7 Å². The van der Waals surface area contributed by atoms with E-state index in [0.717, 1.165) is 16.6 Å². The molecule has 0 spiro atoms. The van der Waals surface area contributed by atoms with Crippen molar-refractivity contribution in [1.82, 2.24) is 13.9 Å². The van der Waals surface area contributed by atoms with Gasteiger partial charge in [0, 0.05) is 17.9 Å². The highest BCUT2D eigenvalue weighted by molar-refractivity contribution is 7.00. The molecule has 3 aliphatic rings. The molecule has 2 bridgehead atoms. The summed E-state index contributed by atoms with van der Waals surface area (Å²) in [5, 5.41) is 25.4. The lowest BCUT2D eigenvalue weighted by Gasteiger charge is -2.33. The average Bonchev–Trinajstić information content (AvgIpc) is 3.67. The third kappa shape index (κ3) is 2.98. The molecule has 1 N–H and O–H groups in total. The van der Waals surface area contributed by atoms with Gasteiger partial charge in [0.25, 0.3) is 5.88 Å². The molecule has 2 aromatic carbocycles. The number of fused-ring (bicyclic) bond motifs is 7. The van der Waals surface area contributed by atoms with Crippen LogP contribution in [0.2, 0.25) is 5.02 Å². The van der Waals surface area contributed by atoms with Gasteiger partial charge in [0.2, 0.25) is 11.8 Å². The monoisotopic (exact) mass is 551 g/mol. The number of imide groups is 1. The molecule has 3 saturated heterocycles. The molecule has 4 aromatic rings. The third-order valence-corrected chi connectivity index (χ3v) is 8.80. The fourth-order valence-electron chi connectivity index (χ4n) is 6.30. The Labute approximate surface area is 223 Å². The van der Waals surface area contributed by atoms with Crippen LogP contribution in [-0.4, -0.2) is 54.7 Å². The second-order valence-electron chi connectivity index (χ2n) is 9.97. The number of ether oxygens (including phenoxy) is 2. The van der Waals surface area contributed by atoms with Crippen LogP contribution in [0.4, 0.5) is 5.69 Å². The summed E-state index contributed by atoms with van der Waals surface area (Å²) in [5.41, 5.74) is -0.633. The fourth-order valence-corrected chi connectivity index (χ4v) is 7.04. The molecule has 3 aliphatic heterocycles. The smallest absolute Gasteiger partial charge is 0.262 e. The van der Waals surface area contributed by atoms with E-state index in [9.17, 15) is 20.0 Å². The van der Waals surface area contributed by atoms with Crippen LogP contribution < -0.4 is 9.64 Å². The molecule has 13 heteroatoms. The highest BCUT2D eigenvalue weighted by Crippen LogP contribution is 2.62. The summed E-state index contributed by atoms with van der Waals surface area (Å²) in [6, 6.07) is 10.2. The van der Waals surface area contributed by atoms with E-state index in [2.05, 4.69) is 20.0 Å². The Hall–Kier alpha value is -3.63. The van der Waals surface area contributed by atoms with Crippen molar-refractivity contribution in [3.63, 3.8) is 0 Å². The minimum absolute atomic E-state index is 0.0960. The number of nitrogens with zero attached hydrogens (tertiary/aromatic N) is 5. The van der Waals surface area contributed by atoms with Crippen LogP contribution in [0, 0.1) is 23.2 Å². The fraction of sp³-hybridized carbons (Fsp3) is 0.360. The standard InChI is InChI=1S/C25H18ClN5O6S/c1-24-16(32)9-25(37-24,6-7-35-21-13-8-12(26)3-5-15(13)36-28-21)18-17(24)22(33)31(23(18)34)14-4-2-11(10-27)19-20(14)30-38-29-19/h2-5,8,16-18,32H,6-7,9H2,1H3/t16-,17-,18+,24-,25+/m1/s1. The first-order chi connectivity index (χ1) is 18.3. The van der Waals surface area contributed by atoms with Crippen molar-refractivity contribution in [2.24, 2.45) is 11.8 Å². The number of amides is 2. The van der Waals surface area contributed by atoms with Crippen LogP contribution in [0.3, 0.4) is 0 Å². The van der Waals surface area contributed by atoms with Crippen molar-refractivity contribution in [2.45, 2.75) is 37.1 Å². The predicted octanol–water partition coefficient (Wildman–Crippen LogP) is 3.22. The van der Waals surface area contributed by atoms with Crippen LogP contribution in [0.15, 0.2) is 34.9 Å². The van der Waals surface area contributed by atoms with Gasteiger partial charge in [0.15, 0.2) is 5.58 Å². The zero-order valence-electron chi connectivity index (χ0n) is 19.8. The second-order valence-corrected chi connectivity index (χ2v) is 10.9. The summed E-state index contributed by atoms with van der Waals surface area (Å²) in [5.74, 6) is -2.37. The molecule has 192 valence electrons. The van der Waals surface area contributed by atoms with Gasteiger partial charge >= 0.3 is 0 Å². The molecule has 11 nitrogen and oxygen atoms in total. The number of aliphatic hydroxyl groups excluding tert-OH is 1. The van der Waals surface area contributed by atoms with E-state index in [0.29, 0.717) is 32.6 Å². The first kappa shape index (κ1) is 23.5. The normalized spacial score (nSPS) is 29.9. The zero-order valence-corrected chi connectivity index (χ0v) is 21.3. The Balaban J connectivity index is 1.22. The molecule has 2 aromatic heterocycles. The largest absolute Gasteiger partial charge is 0.475 e. The van der Waals surface area contributed by atoms with E-state index in [1.807, 2.05) is 0 Å². The number of nitriles is 1. The molecule has 38 heavy (non-hydrogen) atoms. The minimum atomic E-state index is -1.24. The Kier molecular flexibility index (Phi) is 4.91. The highest BCUT2D eigenvalue weighted by Gasteiger charge is 2.77. The first-order valence-electron chi connectivity index (χ1n) is 11.9. The SMILES string of the molecule is C[C@@]12O[C@@](CCOc3noc4ccc(Cl)cc34)(C[C@H]1O)[C@@H]1C(=O)N(c3ccc(C#N)c4nsnc34)C(=O)[C@@H]12. The summed E-state index contributed by atoms with van der Waals surface area (Å²) in [6.07, 6.45) is -0.550. The quantitative estimate of drug-likeness (QED) is 0.366. The van der Waals surface area contributed by atoms with Crippen LogP contribution >= 0.6 is 23.3 Å². The van der Waals surface area contributed by atoms with Gasteiger partial charge in [-0.2, -0.15) is 14.0 Å². The minimum Gasteiger partial charge on any atom is -0.475 e. The molecule has 2 amide bonds. The average molecular weight is 552 g/mol. The highest BCUT2D eigenvalue weighted by atomic mass is 35.5. The van der Waals surface area contributed by atoms with Crippen LogP contribution in [0.1, 0.15) is 25.3 Å². The molecule has 0 aliphatic carbocycles. The van der Waals surface area contributed by atoms with E-state index >= 15 is 0 Å². The Bertz CT molecular complexity index is 1720. The summed E-state index contributed by atoms with van der Waals surface area (Å²) in [4.78, 5) is 28.8. The second kappa shape index (κ2) is 7.94. The van der Waals surface area contributed by atoms with E-state index in [1.165, 1.54) is 12.1 Å². The molecule has 5 atom stereocenters. The molecule has 7 rings (SSSR count). The molecule has 0 unspecified atom stereocenters. The van der Waals surface area contributed by atoms with Crippen LogP contribution in [-0.2, 0) is 14.3 Å². The maximum atomic E-state index is 13.9. The number of aliphatic hydroxyl groups is 1.